The van der Waals surface area contributed by atoms with E-state index < -0.39 is 5.82 Å². The Bertz CT molecular complexity index is 312. The molecule has 0 heterocycles. The van der Waals surface area contributed by atoms with Gasteiger partial charge in [-0.3, -0.25) is 0 Å². The van der Waals surface area contributed by atoms with Crippen molar-refractivity contribution in [1.82, 2.24) is 0 Å². The van der Waals surface area contributed by atoms with Gasteiger partial charge in [0.2, 0.25) is 0 Å². The summed E-state index contributed by atoms with van der Waals surface area (Å²) in [4.78, 5) is 10.2. The number of aryl methyl sites for hydroxylation is 1. The fourth-order valence-electron chi connectivity index (χ4n) is 0.897. The van der Waals surface area contributed by atoms with Gasteiger partial charge in [0.25, 0.3) is 0 Å². The fourth-order valence-corrected chi connectivity index (χ4v) is 0.897. The van der Waals surface area contributed by atoms with Crippen LogP contribution in [-0.2, 0) is 0 Å². The molecule has 0 radical (unpaired) electrons. The summed E-state index contributed by atoms with van der Waals surface area (Å²) in [6, 6.07) is 3.04. The summed E-state index contributed by atoms with van der Waals surface area (Å²) in [5.74, 6) is -0.461. The molecule has 1 aromatic carbocycles. The zero-order valence-corrected chi connectivity index (χ0v) is 6.80. The van der Waals surface area contributed by atoms with Crippen molar-refractivity contribution in [3.8, 4) is 5.75 Å². The molecule has 0 saturated carbocycles. The van der Waals surface area contributed by atoms with Gasteiger partial charge in [-0.1, -0.05) is 6.07 Å². The second kappa shape index (κ2) is 3.30. The Morgan fingerprint density at radius 1 is 1.50 bits per heavy atom. The summed E-state index contributed by atoms with van der Waals surface area (Å²) >= 11 is 0. The maximum atomic E-state index is 13.1. The average molecular weight is 169 g/mol. The fraction of sp³-hybridized carbons (Fsp3) is 0.250. The van der Waals surface area contributed by atoms with Crippen molar-refractivity contribution in [2.75, 3.05) is 7.11 Å². The Balaban J connectivity index is 3.35. The van der Waals surface area contributed by atoms with Crippen molar-refractivity contribution in [2.24, 2.45) is 5.18 Å². The van der Waals surface area contributed by atoms with Crippen molar-refractivity contribution in [3.05, 3.63) is 28.4 Å². The highest BCUT2D eigenvalue weighted by Gasteiger charge is 2.11. The molecule has 0 amide bonds. The van der Waals surface area contributed by atoms with E-state index in [1.54, 1.807) is 6.92 Å². The molecule has 4 heteroatoms. The van der Waals surface area contributed by atoms with Crippen LogP contribution in [0, 0.1) is 17.6 Å². The third kappa shape index (κ3) is 1.28. The summed E-state index contributed by atoms with van der Waals surface area (Å²) in [6.45, 7) is 1.56. The van der Waals surface area contributed by atoms with E-state index in [4.69, 9.17) is 4.74 Å². The minimum atomic E-state index is -0.621. The van der Waals surface area contributed by atoms with Crippen molar-refractivity contribution in [3.63, 3.8) is 0 Å². The maximum absolute atomic E-state index is 13.1. The van der Waals surface area contributed by atoms with Crippen LogP contribution in [0.2, 0.25) is 0 Å². The van der Waals surface area contributed by atoms with E-state index in [-0.39, 0.29) is 11.4 Å². The zero-order valence-electron chi connectivity index (χ0n) is 6.80. The quantitative estimate of drug-likeness (QED) is 0.638. The highest BCUT2D eigenvalue weighted by Crippen LogP contribution is 2.31. The first kappa shape index (κ1) is 8.64. The van der Waals surface area contributed by atoms with E-state index >= 15 is 0 Å². The predicted molar refractivity (Wildman–Crippen MR) is 43.1 cm³/mol. The predicted octanol–water partition coefficient (Wildman–Crippen LogP) is 2.54. The molecule has 0 aliphatic carbocycles. The van der Waals surface area contributed by atoms with Crippen LogP contribution in [0.4, 0.5) is 10.1 Å². The van der Waals surface area contributed by atoms with Gasteiger partial charge in [0.1, 0.15) is 0 Å². The lowest BCUT2D eigenvalue weighted by molar-refractivity contribution is 0.412. The van der Waals surface area contributed by atoms with E-state index in [1.807, 2.05) is 0 Å². The molecule has 64 valence electrons. The molecule has 0 bridgehead atoms. The normalized spacial score (nSPS) is 9.58. The topological polar surface area (TPSA) is 38.7 Å². The van der Waals surface area contributed by atoms with Crippen LogP contribution in [0.3, 0.4) is 0 Å². The van der Waals surface area contributed by atoms with Crippen LogP contribution in [-0.4, -0.2) is 7.11 Å². The molecule has 0 spiro atoms. The Morgan fingerprint density at radius 3 is 2.67 bits per heavy atom. The van der Waals surface area contributed by atoms with E-state index in [2.05, 4.69) is 5.18 Å². The number of nitrogens with zero attached hydrogens (tertiary/aromatic N) is 1. The third-order valence-corrected chi connectivity index (χ3v) is 1.58. The van der Waals surface area contributed by atoms with Crippen LogP contribution in [0.15, 0.2) is 17.3 Å². The number of rotatable bonds is 2. The van der Waals surface area contributed by atoms with Crippen molar-refractivity contribution in [2.45, 2.75) is 6.92 Å². The highest BCUT2D eigenvalue weighted by molar-refractivity contribution is 5.54. The smallest absolute Gasteiger partial charge is 0.185 e. The summed E-state index contributed by atoms with van der Waals surface area (Å²) in [7, 11) is 1.36. The monoisotopic (exact) mass is 169 g/mol. The second-order valence-corrected chi connectivity index (χ2v) is 2.34. The molecule has 0 atom stereocenters. The number of hydrogen-bond acceptors (Lipinski definition) is 3. The largest absolute Gasteiger partial charge is 0.494 e. The third-order valence-electron chi connectivity index (χ3n) is 1.58. The number of nitroso groups, excluding NO2 is 1. The molecule has 0 saturated heterocycles. The van der Waals surface area contributed by atoms with E-state index in [9.17, 15) is 9.30 Å². The molecule has 0 aliphatic heterocycles. The Kier molecular flexibility index (Phi) is 2.38. The summed E-state index contributed by atoms with van der Waals surface area (Å²) < 4.78 is 17.8. The molecular weight excluding hydrogens is 161 g/mol. The minimum Gasteiger partial charge on any atom is -0.494 e. The molecule has 1 rings (SSSR count). The van der Waals surface area contributed by atoms with Gasteiger partial charge in [0.05, 0.1) is 7.11 Å². The first-order valence-electron chi connectivity index (χ1n) is 3.37. The first-order chi connectivity index (χ1) is 5.70. The van der Waals surface area contributed by atoms with Crippen LogP contribution in [0.5, 0.6) is 5.75 Å². The van der Waals surface area contributed by atoms with Gasteiger partial charge in [-0.25, -0.2) is 4.39 Å². The minimum absolute atomic E-state index is 0.160. The van der Waals surface area contributed by atoms with Crippen LogP contribution in [0.25, 0.3) is 0 Å². The Hall–Kier alpha value is -1.45. The van der Waals surface area contributed by atoms with E-state index in [0.29, 0.717) is 5.56 Å². The molecule has 0 aliphatic rings. The number of methoxy groups -OCH3 is 1. The zero-order chi connectivity index (χ0) is 9.14. The molecule has 0 fully saturated rings. The second-order valence-electron chi connectivity index (χ2n) is 2.34. The molecule has 0 unspecified atom stereocenters. The van der Waals surface area contributed by atoms with Crippen molar-refractivity contribution in [1.29, 1.82) is 0 Å². The van der Waals surface area contributed by atoms with Gasteiger partial charge in [0, 0.05) is 0 Å². The van der Waals surface area contributed by atoms with Gasteiger partial charge < -0.3 is 4.74 Å². The number of ether oxygens (including phenoxy) is 1. The Morgan fingerprint density at radius 2 is 2.17 bits per heavy atom. The lowest BCUT2D eigenvalue weighted by Gasteiger charge is -2.03. The molecule has 0 N–H and O–H groups in total. The number of benzene rings is 1. The molecular formula is C8H8FNO2. The maximum Gasteiger partial charge on any atom is 0.185 e. The van der Waals surface area contributed by atoms with Gasteiger partial charge in [-0.05, 0) is 23.7 Å². The summed E-state index contributed by atoms with van der Waals surface area (Å²) in [6.07, 6.45) is 0. The molecule has 12 heavy (non-hydrogen) atoms. The van der Waals surface area contributed by atoms with E-state index in [0.717, 1.165) is 0 Å². The van der Waals surface area contributed by atoms with Gasteiger partial charge >= 0.3 is 0 Å². The molecule has 3 nitrogen and oxygen atoms in total. The van der Waals surface area contributed by atoms with Crippen LogP contribution < -0.4 is 4.74 Å². The average Bonchev–Trinajstić information content (AvgIpc) is 2.09. The van der Waals surface area contributed by atoms with Crippen LogP contribution in [0.1, 0.15) is 5.56 Å². The Labute approximate surface area is 69.1 Å². The SMILES string of the molecule is COc1ccc(C)c(F)c1N=O. The molecule has 0 aromatic heterocycles. The van der Waals surface area contributed by atoms with Crippen molar-refractivity contribution < 1.29 is 9.13 Å². The number of halogens is 1. The van der Waals surface area contributed by atoms with Gasteiger partial charge in [-0.2, -0.15) is 0 Å². The van der Waals surface area contributed by atoms with Gasteiger partial charge in [-0.15, -0.1) is 4.91 Å². The number of hydrogen-bond donors (Lipinski definition) is 0. The first-order valence-corrected chi connectivity index (χ1v) is 3.37. The molecule has 1 aromatic rings. The highest BCUT2D eigenvalue weighted by atomic mass is 19.1. The van der Waals surface area contributed by atoms with E-state index in [1.165, 1.54) is 19.2 Å². The summed E-state index contributed by atoms with van der Waals surface area (Å²) in [5.41, 5.74) is 0.114. The lowest BCUT2D eigenvalue weighted by atomic mass is 10.2. The van der Waals surface area contributed by atoms with Crippen molar-refractivity contribution >= 4 is 5.69 Å². The van der Waals surface area contributed by atoms with Gasteiger partial charge in [0.15, 0.2) is 17.3 Å². The standard InChI is InChI=1S/C8H8FNO2/c1-5-3-4-6(12-2)8(10-11)7(5)9/h3-4H,1-2H3. The van der Waals surface area contributed by atoms with Crippen LogP contribution >= 0.6 is 0 Å². The lowest BCUT2D eigenvalue weighted by Crippen LogP contribution is -1.88. The summed E-state index contributed by atoms with van der Waals surface area (Å²) in [5, 5.41) is 2.55.